The van der Waals surface area contributed by atoms with Gasteiger partial charge in [0.2, 0.25) is 0 Å². The number of sulfone groups is 1. The summed E-state index contributed by atoms with van der Waals surface area (Å²) in [5, 5.41) is 17.7. The van der Waals surface area contributed by atoms with Crippen molar-refractivity contribution in [3.8, 4) is 6.07 Å². The first kappa shape index (κ1) is 16.4. The standard InChI is InChI=1S/C14H18N2O3S/c1-2-6-16(7-9-17)8-10-20(18,19)14-5-3-4-13(11-14)12-15/h2-5,11,17H,1,6-10H2. The van der Waals surface area contributed by atoms with Gasteiger partial charge in [0.1, 0.15) is 0 Å². The van der Waals surface area contributed by atoms with Gasteiger partial charge in [0, 0.05) is 19.6 Å². The molecule has 20 heavy (non-hydrogen) atoms. The highest BCUT2D eigenvalue weighted by atomic mass is 32.2. The number of nitrogens with zero attached hydrogens (tertiary/aromatic N) is 2. The zero-order valence-electron chi connectivity index (χ0n) is 11.2. The molecule has 0 aliphatic heterocycles. The first-order valence-corrected chi connectivity index (χ1v) is 7.85. The molecule has 0 bridgehead atoms. The van der Waals surface area contributed by atoms with Crippen LogP contribution < -0.4 is 0 Å². The maximum absolute atomic E-state index is 12.2. The molecule has 0 unspecified atom stereocenters. The van der Waals surface area contributed by atoms with Crippen LogP contribution in [0.3, 0.4) is 0 Å². The monoisotopic (exact) mass is 294 g/mol. The van der Waals surface area contributed by atoms with Crippen molar-refractivity contribution in [2.75, 3.05) is 32.0 Å². The molecule has 1 rings (SSSR count). The molecule has 108 valence electrons. The summed E-state index contributed by atoms with van der Waals surface area (Å²) >= 11 is 0. The van der Waals surface area contributed by atoms with Crippen LogP contribution in [0.1, 0.15) is 5.56 Å². The highest BCUT2D eigenvalue weighted by Gasteiger charge is 2.16. The number of aliphatic hydroxyl groups excluding tert-OH is 1. The highest BCUT2D eigenvalue weighted by Crippen LogP contribution is 2.13. The van der Waals surface area contributed by atoms with E-state index in [1.54, 1.807) is 23.1 Å². The van der Waals surface area contributed by atoms with E-state index in [9.17, 15) is 8.42 Å². The molecule has 0 saturated heterocycles. The van der Waals surface area contributed by atoms with Crippen molar-refractivity contribution >= 4 is 9.84 Å². The van der Waals surface area contributed by atoms with Crippen molar-refractivity contribution in [2.45, 2.75) is 4.90 Å². The summed E-state index contributed by atoms with van der Waals surface area (Å²) in [6, 6.07) is 7.90. The van der Waals surface area contributed by atoms with Crippen LogP contribution in [0.4, 0.5) is 0 Å². The first-order valence-electron chi connectivity index (χ1n) is 6.20. The van der Waals surface area contributed by atoms with E-state index >= 15 is 0 Å². The highest BCUT2D eigenvalue weighted by molar-refractivity contribution is 7.91. The van der Waals surface area contributed by atoms with Gasteiger partial charge in [-0.15, -0.1) is 6.58 Å². The van der Waals surface area contributed by atoms with Crippen LogP contribution in [-0.2, 0) is 9.84 Å². The third-order valence-corrected chi connectivity index (χ3v) is 4.49. The fourth-order valence-electron chi connectivity index (χ4n) is 1.74. The lowest BCUT2D eigenvalue weighted by Crippen LogP contribution is -2.32. The molecule has 0 atom stereocenters. The molecule has 0 spiro atoms. The fourth-order valence-corrected chi connectivity index (χ4v) is 3.07. The third kappa shape index (κ3) is 4.78. The van der Waals surface area contributed by atoms with Gasteiger partial charge in [-0.2, -0.15) is 5.26 Å². The van der Waals surface area contributed by atoms with Gasteiger partial charge < -0.3 is 5.11 Å². The summed E-state index contributed by atoms with van der Waals surface area (Å²) in [4.78, 5) is 1.96. The van der Waals surface area contributed by atoms with Crippen LogP contribution in [0.2, 0.25) is 0 Å². The van der Waals surface area contributed by atoms with Crippen LogP contribution in [0.5, 0.6) is 0 Å². The second-order valence-corrected chi connectivity index (χ2v) is 6.38. The number of benzene rings is 1. The smallest absolute Gasteiger partial charge is 0.179 e. The zero-order chi connectivity index (χ0) is 15.0. The molecule has 0 aromatic heterocycles. The van der Waals surface area contributed by atoms with Crippen molar-refractivity contribution in [3.05, 3.63) is 42.5 Å². The van der Waals surface area contributed by atoms with Gasteiger partial charge in [0.25, 0.3) is 0 Å². The summed E-state index contributed by atoms with van der Waals surface area (Å²) < 4.78 is 24.4. The van der Waals surface area contributed by atoms with Crippen LogP contribution in [0, 0.1) is 11.3 Å². The molecule has 0 radical (unpaired) electrons. The van der Waals surface area contributed by atoms with Crippen molar-refractivity contribution in [2.24, 2.45) is 0 Å². The van der Waals surface area contributed by atoms with Gasteiger partial charge in [-0.3, -0.25) is 4.90 Å². The summed E-state index contributed by atoms with van der Waals surface area (Å²) in [6.45, 7) is 4.81. The topological polar surface area (TPSA) is 81.4 Å². The molecule has 1 aromatic rings. The van der Waals surface area contributed by atoms with Crippen LogP contribution in [0.25, 0.3) is 0 Å². The molecular weight excluding hydrogens is 276 g/mol. The van der Waals surface area contributed by atoms with E-state index in [1.807, 2.05) is 6.07 Å². The van der Waals surface area contributed by atoms with E-state index in [0.29, 0.717) is 25.2 Å². The predicted molar refractivity (Wildman–Crippen MR) is 76.9 cm³/mol. The zero-order valence-corrected chi connectivity index (χ0v) is 12.0. The van der Waals surface area contributed by atoms with Gasteiger partial charge in [-0.1, -0.05) is 12.1 Å². The molecule has 1 N–H and O–H groups in total. The SMILES string of the molecule is C=CCN(CCO)CCS(=O)(=O)c1cccc(C#N)c1. The number of hydrogen-bond acceptors (Lipinski definition) is 5. The van der Waals surface area contributed by atoms with Crippen LogP contribution >= 0.6 is 0 Å². The normalized spacial score (nSPS) is 11.2. The van der Waals surface area contributed by atoms with Crippen LogP contribution in [0.15, 0.2) is 41.8 Å². The Kier molecular flexibility index (Phi) is 6.39. The minimum atomic E-state index is -3.43. The predicted octanol–water partition coefficient (Wildman–Crippen LogP) is 0.812. The first-order chi connectivity index (χ1) is 9.53. The number of rotatable bonds is 8. The molecule has 5 nitrogen and oxygen atoms in total. The number of aliphatic hydroxyl groups is 1. The summed E-state index contributed by atoms with van der Waals surface area (Å²) in [5.41, 5.74) is 0.324. The summed E-state index contributed by atoms with van der Waals surface area (Å²) in [5.74, 6) is -0.0598. The molecule has 0 amide bonds. The average Bonchev–Trinajstić information content (AvgIpc) is 2.45. The van der Waals surface area contributed by atoms with Crippen molar-refractivity contribution in [1.82, 2.24) is 4.90 Å². The van der Waals surface area contributed by atoms with Gasteiger partial charge in [-0.05, 0) is 18.2 Å². The van der Waals surface area contributed by atoms with Gasteiger partial charge in [-0.25, -0.2) is 8.42 Å². The Morgan fingerprint density at radius 3 is 2.75 bits per heavy atom. The Morgan fingerprint density at radius 1 is 1.40 bits per heavy atom. The maximum Gasteiger partial charge on any atom is 0.179 e. The van der Waals surface area contributed by atoms with Crippen molar-refractivity contribution < 1.29 is 13.5 Å². The summed E-state index contributed by atoms with van der Waals surface area (Å²) in [7, 11) is -3.43. The Morgan fingerprint density at radius 2 is 2.15 bits per heavy atom. The lowest BCUT2D eigenvalue weighted by atomic mass is 10.2. The molecule has 0 aliphatic carbocycles. The Labute approximate surface area is 119 Å². The molecule has 1 aromatic carbocycles. The van der Waals surface area contributed by atoms with Gasteiger partial charge in [0.15, 0.2) is 9.84 Å². The second kappa shape index (κ2) is 7.80. The fraction of sp³-hybridized carbons (Fsp3) is 0.357. The lowest BCUT2D eigenvalue weighted by Gasteiger charge is -2.19. The molecule has 0 fully saturated rings. The maximum atomic E-state index is 12.2. The van der Waals surface area contributed by atoms with Gasteiger partial charge in [0.05, 0.1) is 28.9 Å². The Balaban J connectivity index is 2.78. The minimum absolute atomic E-state index is 0.0300. The van der Waals surface area contributed by atoms with E-state index in [4.69, 9.17) is 10.4 Å². The number of hydrogen-bond donors (Lipinski definition) is 1. The Hall–Kier alpha value is -1.68. The summed E-state index contributed by atoms with van der Waals surface area (Å²) in [6.07, 6.45) is 1.67. The molecule has 0 saturated carbocycles. The molecular formula is C14H18N2O3S. The van der Waals surface area contributed by atoms with E-state index in [1.165, 1.54) is 12.1 Å². The van der Waals surface area contributed by atoms with E-state index in [-0.39, 0.29) is 17.3 Å². The quantitative estimate of drug-likeness (QED) is 0.718. The lowest BCUT2D eigenvalue weighted by molar-refractivity contribution is 0.215. The number of nitriles is 1. The van der Waals surface area contributed by atoms with Crippen molar-refractivity contribution in [1.29, 1.82) is 5.26 Å². The van der Waals surface area contributed by atoms with E-state index < -0.39 is 9.84 Å². The van der Waals surface area contributed by atoms with Crippen molar-refractivity contribution in [3.63, 3.8) is 0 Å². The second-order valence-electron chi connectivity index (χ2n) is 4.27. The molecule has 6 heteroatoms. The van der Waals surface area contributed by atoms with E-state index in [2.05, 4.69) is 6.58 Å². The third-order valence-electron chi connectivity index (χ3n) is 2.80. The molecule has 0 aliphatic rings. The Bertz CT molecular complexity index is 591. The van der Waals surface area contributed by atoms with E-state index in [0.717, 1.165) is 0 Å². The largest absolute Gasteiger partial charge is 0.395 e. The van der Waals surface area contributed by atoms with Crippen LogP contribution in [-0.4, -0.2) is 50.4 Å². The average molecular weight is 294 g/mol. The molecule has 0 heterocycles. The van der Waals surface area contributed by atoms with Gasteiger partial charge >= 0.3 is 0 Å². The minimum Gasteiger partial charge on any atom is -0.395 e.